The van der Waals surface area contributed by atoms with Gasteiger partial charge in [-0.1, -0.05) is 11.2 Å². The molecule has 2 aromatic heterocycles. The number of esters is 1. The Morgan fingerprint density at radius 2 is 1.85 bits per heavy atom. The molecule has 1 N–H and O–H groups in total. The Hall–Kier alpha value is -3.35. The molecule has 3 rings (SSSR count). The van der Waals surface area contributed by atoms with E-state index in [0.717, 1.165) is 17.1 Å². The third-order valence-electron chi connectivity index (χ3n) is 3.84. The van der Waals surface area contributed by atoms with Crippen molar-refractivity contribution in [1.82, 2.24) is 9.72 Å². The van der Waals surface area contributed by atoms with Gasteiger partial charge in [-0.25, -0.2) is 4.79 Å². The molecule has 0 aliphatic carbocycles. The number of aromatic nitrogens is 2. The van der Waals surface area contributed by atoms with Crippen LogP contribution in [0.15, 0.2) is 47.0 Å². The van der Waals surface area contributed by atoms with Gasteiger partial charge in [0.05, 0.1) is 5.56 Å². The number of anilines is 1. The molecule has 0 aliphatic rings. The zero-order valence-electron chi connectivity index (χ0n) is 14.8. The number of ether oxygens (including phenoxy) is 1. The first kappa shape index (κ1) is 17.5. The lowest BCUT2D eigenvalue weighted by atomic mass is 10.2. The van der Waals surface area contributed by atoms with Crippen LogP contribution in [-0.4, -0.2) is 28.2 Å². The van der Waals surface area contributed by atoms with Crippen molar-refractivity contribution in [3.05, 3.63) is 65.2 Å². The Bertz CT molecular complexity index is 936. The second kappa shape index (κ2) is 7.26. The van der Waals surface area contributed by atoms with Crippen LogP contribution < -0.4 is 5.32 Å². The first-order valence-corrected chi connectivity index (χ1v) is 8.10. The highest BCUT2D eigenvalue weighted by molar-refractivity contribution is 5.95. The Kier molecular flexibility index (Phi) is 4.88. The Labute approximate surface area is 150 Å². The monoisotopic (exact) mass is 353 g/mol. The van der Waals surface area contributed by atoms with Crippen molar-refractivity contribution in [2.24, 2.45) is 0 Å². The zero-order chi connectivity index (χ0) is 18.7. The summed E-state index contributed by atoms with van der Waals surface area (Å²) in [4.78, 5) is 24.1. The largest absolute Gasteiger partial charge is 0.452 e. The van der Waals surface area contributed by atoms with Crippen LogP contribution in [0.4, 0.5) is 5.82 Å². The Morgan fingerprint density at radius 1 is 1.12 bits per heavy atom. The van der Waals surface area contributed by atoms with E-state index in [-0.39, 0.29) is 5.82 Å². The lowest BCUT2D eigenvalue weighted by molar-refractivity contribution is -0.119. The smallest absolute Gasteiger partial charge is 0.338 e. The fraction of sp³-hybridized carbons (Fsp3) is 0.211. The van der Waals surface area contributed by atoms with E-state index >= 15 is 0 Å². The van der Waals surface area contributed by atoms with E-state index < -0.39 is 18.5 Å². The average molecular weight is 353 g/mol. The van der Waals surface area contributed by atoms with Gasteiger partial charge in [0.15, 0.2) is 12.4 Å². The summed E-state index contributed by atoms with van der Waals surface area (Å²) in [7, 11) is 0. The molecule has 7 nitrogen and oxygen atoms in total. The van der Waals surface area contributed by atoms with E-state index in [1.807, 2.05) is 36.6 Å². The van der Waals surface area contributed by atoms with Crippen LogP contribution in [0.5, 0.6) is 0 Å². The predicted molar refractivity (Wildman–Crippen MR) is 95.4 cm³/mol. The molecule has 1 aromatic carbocycles. The highest BCUT2D eigenvalue weighted by Crippen LogP contribution is 2.18. The molecule has 0 saturated heterocycles. The molecule has 26 heavy (non-hydrogen) atoms. The molecule has 0 saturated carbocycles. The lowest BCUT2D eigenvalue weighted by Gasteiger charge is -2.11. The standard InChI is InChI=1S/C19H19N3O4/c1-12-7-8-13(2)22(12)16-6-4-5-15(10-16)19(24)25-11-18(23)20-17-9-14(3)26-21-17/h4-10H,11H2,1-3H3,(H,20,21,23). The highest BCUT2D eigenvalue weighted by atomic mass is 16.5. The van der Waals surface area contributed by atoms with Gasteiger partial charge in [0.1, 0.15) is 5.76 Å². The van der Waals surface area contributed by atoms with Gasteiger partial charge in [0.25, 0.3) is 5.91 Å². The number of carbonyl (C=O) groups is 2. The molecule has 0 atom stereocenters. The molecule has 1 amide bonds. The van der Waals surface area contributed by atoms with E-state index in [1.165, 1.54) is 0 Å². The van der Waals surface area contributed by atoms with Gasteiger partial charge in [-0.3, -0.25) is 4.79 Å². The maximum absolute atomic E-state index is 12.3. The average Bonchev–Trinajstić information content (AvgIpc) is 3.17. The van der Waals surface area contributed by atoms with Crippen molar-refractivity contribution in [2.45, 2.75) is 20.8 Å². The summed E-state index contributed by atoms with van der Waals surface area (Å²) in [6.07, 6.45) is 0. The van der Waals surface area contributed by atoms with E-state index in [2.05, 4.69) is 10.5 Å². The van der Waals surface area contributed by atoms with Gasteiger partial charge >= 0.3 is 5.97 Å². The summed E-state index contributed by atoms with van der Waals surface area (Å²) < 4.78 is 12.0. The van der Waals surface area contributed by atoms with Gasteiger partial charge in [-0.2, -0.15) is 0 Å². The Balaban J connectivity index is 1.65. The molecule has 7 heteroatoms. The van der Waals surface area contributed by atoms with Crippen molar-refractivity contribution in [1.29, 1.82) is 0 Å². The number of aryl methyl sites for hydroxylation is 3. The molecular weight excluding hydrogens is 334 g/mol. The van der Waals surface area contributed by atoms with Crippen molar-refractivity contribution in [3.8, 4) is 5.69 Å². The summed E-state index contributed by atoms with van der Waals surface area (Å²) in [5.41, 5.74) is 3.37. The number of hydrogen-bond donors (Lipinski definition) is 1. The summed E-state index contributed by atoms with van der Waals surface area (Å²) in [6, 6.07) is 12.7. The van der Waals surface area contributed by atoms with Crippen LogP contribution in [0.25, 0.3) is 5.69 Å². The fourth-order valence-electron chi connectivity index (χ4n) is 2.67. The van der Waals surface area contributed by atoms with Crippen molar-refractivity contribution < 1.29 is 18.8 Å². The maximum Gasteiger partial charge on any atom is 0.338 e. The molecule has 0 spiro atoms. The molecule has 0 radical (unpaired) electrons. The molecule has 3 aromatic rings. The van der Waals surface area contributed by atoms with Gasteiger partial charge < -0.3 is 19.1 Å². The molecule has 134 valence electrons. The van der Waals surface area contributed by atoms with Gasteiger partial charge in [-0.05, 0) is 51.1 Å². The lowest BCUT2D eigenvalue weighted by Crippen LogP contribution is -2.21. The van der Waals surface area contributed by atoms with Crippen molar-refractivity contribution in [2.75, 3.05) is 11.9 Å². The second-order valence-corrected chi connectivity index (χ2v) is 5.95. The van der Waals surface area contributed by atoms with Gasteiger partial charge in [0, 0.05) is 23.1 Å². The molecule has 0 bridgehead atoms. The van der Waals surface area contributed by atoms with Gasteiger partial charge in [0.2, 0.25) is 0 Å². The number of rotatable bonds is 5. The molecule has 0 unspecified atom stereocenters. The fourth-order valence-corrected chi connectivity index (χ4v) is 2.67. The minimum Gasteiger partial charge on any atom is -0.452 e. The second-order valence-electron chi connectivity index (χ2n) is 5.95. The summed E-state index contributed by atoms with van der Waals surface area (Å²) in [5.74, 6) is -0.200. The normalized spacial score (nSPS) is 10.6. The summed E-state index contributed by atoms with van der Waals surface area (Å²) in [5, 5.41) is 6.14. The Morgan fingerprint density at radius 3 is 2.50 bits per heavy atom. The maximum atomic E-state index is 12.3. The number of amides is 1. The topological polar surface area (TPSA) is 86.4 Å². The number of nitrogens with one attached hydrogen (secondary N) is 1. The first-order chi connectivity index (χ1) is 12.4. The van der Waals surface area contributed by atoms with E-state index in [0.29, 0.717) is 11.3 Å². The SMILES string of the molecule is Cc1cc(NC(=O)COC(=O)c2cccc(-n3c(C)ccc3C)c2)no1. The number of carbonyl (C=O) groups excluding carboxylic acids is 2. The minimum atomic E-state index is -0.569. The molecule has 0 fully saturated rings. The predicted octanol–water partition coefficient (Wildman–Crippen LogP) is 3.19. The number of benzene rings is 1. The summed E-state index contributed by atoms with van der Waals surface area (Å²) in [6.45, 7) is 5.29. The number of nitrogens with zero attached hydrogens (tertiary/aromatic N) is 2. The van der Waals surface area contributed by atoms with Crippen LogP contribution in [-0.2, 0) is 9.53 Å². The molecule has 0 aliphatic heterocycles. The van der Waals surface area contributed by atoms with Crippen LogP contribution in [0.3, 0.4) is 0 Å². The van der Waals surface area contributed by atoms with E-state index in [1.54, 1.807) is 31.2 Å². The van der Waals surface area contributed by atoms with Crippen LogP contribution in [0, 0.1) is 20.8 Å². The summed E-state index contributed by atoms with van der Waals surface area (Å²) >= 11 is 0. The van der Waals surface area contributed by atoms with Crippen LogP contribution in [0.2, 0.25) is 0 Å². The van der Waals surface area contributed by atoms with Crippen molar-refractivity contribution in [3.63, 3.8) is 0 Å². The van der Waals surface area contributed by atoms with E-state index in [9.17, 15) is 9.59 Å². The third kappa shape index (κ3) is 3.83. The van der Waals surface area contributed by atoms with Gasteiger partial charge in [-0.15, -0.1) is 0 Å². The minimum absolute atomic E-state index is 0.282. The third-order valence-corrected chi connectivity index (χ3v) is 3.84. The van der Waals surface area contributed by atoms with Crippen molar-refractivity contribution >= 4 is 17.7 Å². The van der Waals surface area contributed by atoms with Crippen LogP contribution >= 0.6 is 0 Å². The zero-order valence-corrected chi connectivity index (χ0v) is 14.8. The quantitative estimate of drug-likeness (QED) is 0.712. The molecular formula is C19H19N3O4. The van der Waals surface area contributed by atoms with Crippen LogP contribution in [0.1, 0.15) is 27.5 Å². The molecule has 2 heterocycles. The first-order valence-electron chi connectivity index (χ1n) is 8.10. The number of hydrogen-bond acceptors (Lipinski definition) is 5. The van der Waals surface area contributed by atoms with E-state index in [4.69, 9.17) is 9.26 Å². The highest BCUT2D eigenvalue weighted by Gasteiger charge is 2.13.